The zero-order valence-electron chi connectivity index (χ0n) is 15.2. The van der Waals surface area contributed by atoms with Crippen molar-refractivity contribution in [3.8, 4) is 5.75 Å². The Bertz CT molecular complexity index is 956. The van der Waals surface area contributed by atoms with Crippen LogP contribution in [0.4, 0.5) is 0 Å². The fraction of sp³-hybridized carbons (Fsp3) is 0.263. The van der Waals surface area contributed by atoms with Crippen molar-refractivity contribution in [3.63, 3.8) is 0 Å². The van der Waals surface area contributed by atoms with Crippen molar-refractivity contribution in [1.29, 1.82) is 0 Å². The van der Waals surface area contributed by atoms with Crippen LogP contribution in [0.1, 0.15) is 18.9 Å². The van der Waals surface area contributed by atoms with Gasteiger partial charge in [-0.15, -0.1) is 0 Å². The van der Waals surface area contributed by atoms with Gasteiger partial charge in [-0.05, 0) is 19.1 Å². The maximum Gasteiger partial charge on any atom is 0.215 e. The molecule has 0 unspecified atom stereocenters. The van der Waals surface area contributed by atoms with Crippen LogP contribution in [0.5, 0.6) is 5.75 Å². The number of hydrazone groups is 1. The molecule has 0 amide bonds. The van der Waals surface area contributed by atoms with Crippen LogP contribution < -0.4 is 4.74 Å². The lowest BCUT2D eigenvalue weighted by molar-refractivity contribution is -0.115. The molecule has 7 nitrogen and oxygen atoms in total. The highest BCUT2D eigenvalue weighted by molar-refractivity contribution is 6.48. The molecule has 3 rings (SSSR count). The molecular formula is C19H17Cl2N3O4. The first-order valence-electron chi connectivity index (χ1n) is 8.35. The number of hydrogen-bond acceptors (Lipinski definition) is 7. The van der Waals surface area contributed by atoms with Gasteiger partial charge in [0.15, 0.2) is 17.3 Å². The Balaban J connectivity index is 1.92. The minimum absolute atomic E-state index is 0.106. The molecule has 28 heavy (non-hydrogen) atoms. The Morgan fingerprint density at radius 1 is 1.25 bits per heavy atom. The lowest BCUT2D eigenvalue weighted by Crippen LogP contribution is -2.28. The van der Waals surface area contributed by atoms with E-state index in [9.17, 15) is 14.7 Å². The van der Waals surface area contributed by atoms with E-state index in [1.807, 2.05) is 0 Å². The van der Waals surface area contributed by atoms with Crippen LogP contribution >= 0.6 is 23.2 Å². The molecule has 0 saturated carbocycles. The van der Waals surface area contributed by atoms with Gasteiger partial charge in [-0.3, -0.25) is 14.6 Å². The van der Waals surface area contributed by atoms with Crippen LogP contribution in [0.2, 0.25) is 10.0 Å². The van der Waals surface area contributed by atoms with Gasteiger partial charge < -0.3 is 9.84 Å². The number of carbonyl (C=O) groups excluding carboxylic acids is 2. The largest absolute Gasteiger partial charge is 0.436 e. The number of ketones is 2. The van der Waals surface area contributed by atoms with Gasteiger partial charge in [0.25, 0.3) is 0 Å². The third-order valence-corrected chi connectivity index (χ3v) is 4.81. The molecule has 0 radical (unpaired) electrons. The zero-order valence-corrected chi connectivity index (χ0v) is 16.7. The molecule has 0 aromatic heterocycles. The summed E-state index contributed by atoms with van der Waals surface area (Å²) in [6.07, 6.45) is 0.560. The average molecular weight is 422 g/mol. The molecule has 1 N–H and O–H groups in total. The number of aliphatic hydroxyl groups is 1. The molecule has 0 bridgehead atoms. The van der Waals surface area contributed by atoms with E-state index in [1.54, 1.807) is 7.05 Å². The monoisotopic (exact) mass is 421 g/mol. The Morgan fingerprint density at radius 2 is 1.89 bits per heavy atom. The predicted octanol–water partition coefficient (Wildman–Crippen LogP) is 2.78. The van der Waals surface area contributed by atoms with Crippen molar-refractivity contribution in [2.24, 2.45) is 10.1 Å². The number of ether oxygens (including phenoxy) is 1. The van der Waals surface area contributed by atoms with Gasteiger partial charge in [0.1, 0.15) is 12.3 Å². The fourth-order valence-electron chi connectivity index (χ4n) is 2.69. The molecule has 0 aliphatic carbocycles. The second-order valence-corrected chi connectivity index (χ2v) is 7.18. The van der Waals surface area contributed by atoms with E-state index in [1.165, 1.54) is 30.1 Å². The standard InChI is InChI=1S/C19H17Cl2N3O4/c1-9-4-15(26)18(23-24(9)3)11-5-13(20)19(14(21)6-11)28-17-7-12(10(2)25)16(27)8-22-17/h5-7,10,25H,1,4,8H2,2-3H3/t10-/m1/s1. The molecule has 0 spiro atoms. The third kappa shape index (κ3) is 4.01. The van der Waals surface area contributed by atoms with E-state index in [-0.39, 0.29) is 57.5 Å². The summed E-state index contributed by atoms with van der Waals surface area (Å²) in [5.41, 5.74) is 1.46. The number of allylic oxidation sites excluding steroid dienone is 1. The highest BCUT2D eigenvalue weighted by atomic mass is 35.5. The highest BCUT2D eigenvalue weighted by Crippen LogP contribution is 2.35. The molecule has 2 aliphatic heterocycles. The summed E-state index contributed by atoms with van der Waals surface area (Å²) < 4.78 is 5.65. The van der Waals surface area contributed by atoms with Crippen LogP contribution in [0.15, 0.2) is 46.2 Å². The Hall–Kier alpha value is -2.48. The lowest BCUT2D eigenvalue weighted by Gasteiger charge is -2.23. The van der Waals surface area contributed by atoms with Crippen molar-refractivity contribution < 1.29 is 19.4 Å². The minimum atomic E-state index is -0.947. The van der Waals surface area contributed by atoms with Gasteiger partial charge in [-0.25, -0.2) is 4.99 Å². The Labute approximate surface area is 171 Å². The van der Waals surface area contributed by atoms with Gasteiger partial charge in [0.05, 0.1) is 22.6 Å². The van der Waals surface area contributed by atoms with Crippen molar-refractivity contribution in [3.05, 3.63) is 51.7 Å². The summed E-state index contributed by atoms with van der Waals surface area (Å²) >= 11 is 12.6. The summed E-state index contributed by atoms with van der Waals surface area (Å²) in [5.74, 6) is -0.241. The number of dihydropyridines is 1. The number of aliphatic hydroxyl groups excluding tert-OH is 1. The van der Waals surface area contributed by atoms with E-state index in [2.05, 4.69) is 16.7 Å². The van der Waals surface area contributed by atoms with E-state index >= 15 is 0 Å². The van der Waals surface area contributed by atoms with Crippen LogP contribution in [-0.4, -0.2) is 53.0 Å². The molecule has 146 valence electrons. The van der Waals surface area contributed by atoms with Crippen molar-refractivity contribution in [2.45, 2.75) is 19.4 Å². The Morgan fingerprint density at radius 3 is 2.50 bits per heavy atom. The molecule has 1 atom stereocenters. The zero-order chi connectivity index (χ0) is 20.6. The van der Waals surface area contributed by atoms with E-state index in [0.717, 1.165) is 0 Å². The maximum atomic E-state index is 12.3. The van der Waals surface area contributed by atoms with Crippen LogP contribution in [0.3, 0.4) is 0 Å². The number of nitrogens with zero attached hydrogens (tertiary/aromatic N) is 3. The van der Waals surface area contributed by atoms with Crippen molar-refractivity contribution in [2.75, 3.05) is 13.6 Å². The smallest absolute Gasteiger partial charge is 0.215 e. The number of halogens is 2. The summed E-state index contributed by atoms with van der Waals surface area (Å²) in [4.78, 5) is 28.1. The fourth-order valence-corrected chi connectivity index (χ4v) is 3.26. The predicted molar refractivity (Wildman–Crippen MR) is 107 cm³/mol. The number of aliphatic imine (C=N–C) groups is 1. The average Bonchev–Trinajstić information content (AvgIpc) is 2.62. The van der Waals surface area contributed by atoms with E-state index in [0.29, 0.717) is 11.3 Å². The summed E-state index contributed by atoms with van der Waals surface area (Å²) in [6, 6.07) is 3.05. The molecule has 2 aliphatic rings. The maximum absolute atomic E-state index is 12.3. The van der Waals surface area contributed by atoms with Crippen molar-refractivity contribution >= 4 is 46.4 Å². The first-order valence-corrected chi connectivity index (χ1v) is 9.11. The summed E-state index contributed by atoms with van der Waals surface area (Å²) in [7, 11) is 1.70. The number of hydrogen-bond donors (Lipinski definition) is 1. The topological polar surface area (TPSA) is 91.6 Å². The van der Waals surface area contributed by atoms with Gasteiger partial charge in [0.2, 0.25) is 5.90 Å². The second kappa shape index (κ2) is 7.87. The molecule has 1 aromatic carbocycles. The minimum Gasteiger partial charge on any atom is -0.436 e. The summed E-state index contributed by atoms with van der Waals surface area (Å²) in [6.45, 7) is 5.12. The van der Waals surface area contributed by atoms with E-state index in [4.69, 9.17) is 27.9 Å². The van der Waals surface area contributed by atoms with E-state index < -0.39 is 6.10 Å². The number of Topliss-reactive ketones (excluding diaryl/α,β-unsaturated/α-hetero) is 2. The first kappa shape index (κ1) is 20.3. The van der Waals surface area contributed by atoms with Crippen LogP contribution in [0, 0.1) is 0 Å². The molecule has 1 aromatic rings. The second-order valence-electron chi connectivity index (χ2n) is 6.36. The van der Waals surface area contributed by atoms with Gasteiger partial charge in [-0.1, -0.05) is 29.8 Å². The quantitative estimate of drug-likeness (QED) is 0.809. The number of rotatable bonds is 3. The van der Waals surface area contributed by atoms with Crippen LogP contribution in [0.25, 0.3) is 0 Å². The van der Waals surface area contributed by atoms with Crippen LogP contribution in [-0.2, 0) is 9.59 Å². The van der Waals surface area contributed by atoms with Gasteiger partial charge >= 0.3 is 0 Å². The first-order chi connectivity index (χ1) is 13.2. The number of benzene rings is 1. The van der Waals surface area contributed by atoms with Gasteiger partial charge in [0, 0.05) is 30.0 Å². The highest BCUT2D eigenvalue weighted by Gasteiger charge is 2.26. The summed E-state index contributed by atoms with van der Waals surface area (Å²) in [5, 5.41) is 15.7. The molecule has 0 fully saturated rings. The molecular weight excluding hydrogens is 405 g/mol. The molecule has 2 heterocycles. The normalized spacial score (nSPS) is 18.5. The third-order valence-electron chi connectivity index (χ3n) is 4.24. The van der Waals surface area contributed by atoms with Gasteiger partial charge in [-0.2, -0.15) is 5.10 Å². The molecule has 0 saturated heterocycles. The SMILES string of the molecule is C=C1CC(=O)C(c2cc(Cl)c(OC3=NCC(=O)C([C@@H](C)O)=C3)c(Cl)c2)=NN1C. The van der Waals surface area contributed by atoms with Crippen molar-refractivity contribution in [1.82, 2.24) is 5.01 Å². The Kier molecular flexibility index (Phi) is 5.69. The number of carbonyl (C=O) groups is 2. The molecule has 9 heteroatoms. The lowest BCUT2D eigenvalue weighted by atomic mass is 10.0.